The summed E-state index contributed by atoms with van der Waals surface area (Å²) in [5, 5.41) is 2.04. The van der Waals surface area contributed by atoms with Gasteiger partial charge in [-0.3, -0.25) is 0 Å². The number of fused-ring (bicyclic) bond motifs is 1. The van der Waals surface area contributed by atoms with E-state index in [2.05, 4.69) is 65.8 Å². The van der Waals surface area contributed by atoms with Crippen molar-refractivity contribution in [1.29, 1.82) is 0 Å². The molecule has 0 unspecified atom stereocenters. The summed E-state index contributed by atoms with van der Waals surface area (Å²) < 4.78 is 0. The first-order valence-electron chi connectivity index (χ1n) is 18.7. The average Bonchev–Trinajstić information content (AvgIpc) is 3.23. The summed E-state index contributed by atoms with van der Waals surface area (Å²) in [5.74, 6) is 6.34. The molecular weight excluding hydrogens is 679 g/mol. The number of rotatable bonds is 9. The zero-order valence-corrected chi connectivity index (χ0v) is 31.8. The average molecular weight is 720 g/mol. The molecule has 0 saturated heterocycles. The van der Waals surface area contributed by atoms with Crippen LogP contribution in [0.1, 0.15) is 76.8 Å². The first-order chi connectivity index (χ1) is 26.7. The molecule has 8 aromatic rings. The van der Waals surface area contributed by atoms with Crippen molar-refractivity contribution in [2.75, 3.05) is 0 Å². The molecule has 3 aromatic heterocycles. The van der Waals surface area contributed by atoms with E-state index < -0.39 is 0 Å². The van der Waals surface area contributed by atoms with Gasteiger partial charge in [-0.25, -0.2) is 44.9 Å². The Morgan fingerprint density at radius 2 is 0.673 bits per heavy atom. The van der Waals surface area contributed by atoms with Crippen molar-refractivity contribution >= 4 is 10.8 Å². The van der Waals surface area contributed by atoms with E-state index in [1.807, 2.05) is 97.1 Å². The topological polar surface area (TPSA) is 116 Å². The van der Waals surface area contributed by atoms with Gasteiger partial charge >= 0.3 is 0 Å². The van der Waals surface area contributed by atoms with Gasteiger partial charge in [-0.2, -0.15) is 0 Å². The van der Waals surface area contributed by atoms with E-state index in [0.717, 1.165) is 55.8 Å². The first kappa shape index (κ1) is 35.4. The van der Waals surface area contributed by atoms with Gasteiger partial charge in [-0.1, -0.05) is 151 Å². The van der Waals surface area contributed by atoms with Gasteiger partial charge in [-0.15, -0.1) is 0 Å². The van der Waals surface area contributed by atoms with Gasteiger partial charge in [0.15, 0.2) is 34.9 Å². The highest BCUT2D eigenvalue weighted by Crippen LogP contribution is 2.35. The minimum Gasteiger partial charge on any atom is -0.217 e. The van der Waals surface area contributed by atoms with E-state index in [9.17, 15) is 0 Å². The van der Waals surface area contributed by atoms with E-state index in [0.29, 0.717) is 40.8 Å². The van der Waals surface area contributed by atoms with Crippen LogP contribution in [0.4, 0.5) is 0 Å². The van der Waals surface area contributed by atoms with Crippen LogP contribution >= 0.6 is 0 Å². The fourth-order valence-electron chi connectivity index (χ4n) is 6.29. The first-order valence-corrected chi connectivity index (χ1v) is 18.7. The molecule has 0 aliphatic carbocycles. The molecule has 270 valence electrons. The third-order valence-electron chi connectivity index (χ3n) is 9.33. The van der Waals surface area contributed by atoms with Crippen molar-refractivity contribution in [3.63, 3.8) is 0 Å². The van der Waals surface area contributed by atoms with Gasteiger partial charge in [-0.05, 0) is 22.9 Å². The number of aromatic nitrogens is 9. The number of benzene rings is 5. The minimum absolute atomic E-state index is 0.0636. The SMILES string of the molecule is CC(C)c1nc(-c2ccc(-c3nc(C(C)C)nc(C(C)C)n3)cc2)nc(-c2cc(-c3nc(-c4ccccc4)nc(-c4ccccc4)n3)cc3ccccc23)n1. The van der Waals surface area contributed by atoms with Crippen LogP contribution in [-0.2, 0) is 0 Å². The van der Waals surface area contributed by atoms with Crippen LogP contribution in [0.15, 0.2) is 121 Å². The maximum absolute atomic E-state index is 5.13. The molecule has 0 spiro atoms. The Morgan fingerprint density at radius 1 is 0.309 bits per heavy atom. The highest BCUT2D eigenvalue weighted by atomic mass is 15.1. The van der Waals surface area contributed by atoms with Crippen molar-refractivity contribution in [1.82, 2.24) is 44.9 Å². The Morgan fingerprint density at radius 3 is 1.18 bits per heavy atom. The van der Waals surface area contributed by atoms with E-state index in [1.165, 1.54) is 0 Å². The summed E-state index contributed by atoms with van der Waals surface area (Å²) >= 11 is 0. The second-order valence-corrected chi connectivity index (χ2v) is 14.5. The van der Waals surface area contributed by atoms with Gasteiger partial charge in [0, 0.05) is 51.1 Å². The van der Waals surface area contributed by atoms with E-state index >= 15 is 0 Å². The molecule has 0 amide bonds. The van der Waals surface area contributed by atoms with Crippen LogP contribution < -0.4 is 0 Å². The van der Waals surface area contributed by atoms with Gasteiger partial charge in [0.2, 0.25) is 0 Å². The molecule has 55 heavy (non-hydrogen) atoms. The van der Waals surface area contributed by atoms with Crippen LogP contribution in [0.3, 0.4) is 0 Å². The summed E-state index contributed by atoms with van der Waals surface area (Å²) in [6.45, 7) is 12.6. The molecule has 9 heteroatoms. The molecule has 0 saturated carbocycles. The molecule has 0 fully saturated rings. The van der Waals surface area contributed by atoms with Gasteiger partial charge in [0.1, 0.15) is 17.5 Å². The predicted octanol–water partition coefficient (Wildman–Crippen LogP) is 10.8. The third kappa shape index (κ3) is 7.46. The fourth-order valence-corrected chi connectivity index (χ4v) is 6.29. The van der Waals surface area contributed by atoms with Crippen molar-refractivity contribution in [3.8, 4) is 68.3 Å². The molecule has 0 N–H and O–H groups in total. The van der Waals surface area contributed by atoms with Crippen LogP contribution in [-0.4, -0.2) is 44.9 Å². The Kier molecular flexibility index (Phi) is 9.68. The van der Waals surface area contributed by atoms with Crippen LogP contribution in [0.25, 0.3) is 79.1 Å². The highest BCUT2D eigenvalue weighted by molar-refractivity contribution is 5.98. The maximum atomic E-state index is 5.13. The standard InChI is InChI=1S/C46H41N9/c1-27(2)38-47-39(28(3)4)49-43(48-38)32-21-23-33(24-22-32)44-50-40(29(5)6)51-46(55-44)37-26-35(25-34-19-13-14-20-36(34)37)45-53-41(30-15-9-7-10-16-30)52-42(54-45)31-17-11-8-12-18-31/h7-29H,1-6H3. The summed E-state index contributed by atoms with van der Waals surface area (Å²) in [5.41, 5.74) is 5.31. The molecule has 0 aliphatic rings. The molecule has 3 heterocycles. The quantitative estimate of drug-likeness (QED) is 0.144. The molecule has 8 rings (SSSR count). The Bertz CT molecular complexity index is 2540. The van der Waals surface area contributed by atoms with Gasteiger partial charge < -0.3 is 0 Å². The van der Waals surface area contributed by atoms with Gasteiger partial charge in [0.05, 0.1) is 0 Å². The summed E-state index contributed by atoms with van der Waals surface area (Å²) in [4.78, 5) is 44.4. The molecule has 9 nitrogen and oxygen atoms in total. The number of nitrogens with zero attached hydrogens (tertiary/aromatic N) is 9. The second-order valence-electron chi connectivity index (χ2n) is 14.5. The van der Waals surface area contributed by atoms with Crippen molar-refractivity contribution in [3.05, 3.63) is 139 Å². The zero-order chi connectivity index (χ0) is 38.1. The molecule has 0 radical (unpaired) electrons. The summed E-state index contributed by atoms with van der Waals surface area (Å²) in [6.07, 6.45) is 0. The normalized spacial score (nSPS) is 11.6. The zero-order valence-electron chi connectivity index (χ0n) is 31.8. The minimum atomic E-state index is 0.0636. The third-order valence-corrected chi connectivity index (χ3v) is 9.33. The lowest BCUT2D eigenvalue weighted by Crippen LogP contribution is -2.08. The summed E-state index contributed by atoms with van der Waals surface area (Å²) in [6, 6.07) is 40.6. The smallest absolute Gasteiger partial charge is 0.164 e. The monoisotopic (exact) mass is 719 g/mol. The highest BCUT2D eigenvalue weighted by Gasteiger charge is 2.19. The Hall–Kier alpha value is -6.61. The maximum Gasteiger partial charge on any atom is 0.164 e. The number of hydrogen-bond acceptors (Lipinski definition) is 9. The molecular formula is C46H41N9. The van der Waals surface area contributed by atoms with Gasteiger partial charge in [0.25, 0.3) is 0 Å². The molecule has 0 aliphatic heterocycles. The molecule has 5 aromatic carbocycles. The largest absolute Gasteiger partial charge is 0.217 e. The predicted molar refractivity (Wildman–Crippen MR) is 219 cm³/mol. The Labute approximate surface area is 321 Å². The van der Waals surface area contributed by atoms with Crippen LogP contribution in [0.5, 0.6) is 0 Å². The fraction of sp³-hybridized carbons (Fsp3) is 0.196. The second kappa shape index (κ2) is 15.0. The summed E-state index contributed by atoms with van der Waals surface area (Å²) in [7, 11) is 0. The van der Waals surface area contributed by atoms with E-state index in [-0.39, 0.29) is 17.8 Å². The van der Waals surface area contributed by atoms with E-state index in [1.54, 1.807) is 0 Å². The lowest BCUT2D eigenvalue weighted by Gasteiger charge is -2.14. The van der Waals surface area contributed by atoms with E-state index in [4.69, 9.17) is 44.9 Å². The van der Waals surface area contributed by atoms with Crippen molar-refractivity contribution < 1.29 is 0 Å². The van der Waals surface area contributed by atoms with Crippen LogP contribution in [0, 0.1) is 0 Å². The van der Waals surface area contributed by atoms with Crippen molar-refractivity contribution in [2.45, 2.75) is 59.3 Å². The number of hydrogen-bond donors (Lipinski definition) is 0. The Balaban J connectivity index is 1.26. The molecule has 0 atom stereocenters. The lowest BCUT2D eigenvalue weighted by molar-refractivity contribution is 0.697. The molecule has 0 bridgehead atoms. The van der Waals surface area contributed by atoms with Crippen molar-refractivity contribution in [2.24, 2.45) is 0 Å². The van der Waals surface area contributed by atoms with Crippen LogP contribution in [0.2, 0.25) is 0 Å². The lowest BCUT2D eigenvalue weighted by atomic mass is 9.99.